The molecule has 2 aliphatic rings. The van der Waals surface area contributed by atoms with Crippen molar-refractivity contribution in [3.05, 3.63) is 106 Å². The lowest BCUT2D eigenvalue weighted by atomic mass is 9.85. The summed E-state index contributed by atoms with van der Waals surface area (Å²) in [6.07, 6.45) is -1.31. The molecule has 24 heteroatoms. The van der Waals surface area contributed by atoms with Gasteiger partial charge >= 0.3 is 12.1 Å². The molecule has 20 nitrogen and oxygen atoms in total. The first-order chi connectivity index (χ1) is 41.9. The number of ether oxygens (including phenoxy) is 6. The van der Waals surface area contributed by atoms with Gasteiger partial charge in [-0.1, -0.05) is 77.1 Å². The van der Waals surface area contributed by atoms with Gasteiger partial charge in [0.05, 0.1) is 61.7 Å². The number of likely N-dealkylation sites (tertiary alicyclic amines) is 1. The molecule has 5 aromatic rings. The van der Waals surface area contributed by atoms with Gasteiger partial charge < -0.3 is 59.6 Å². The molecule has 1 saturated heterocycles. The summed E-state index contributed by atoms with van der Waals surface area (Å²) in [5.41, 5.74) is 3.32. The van der Waals surface area contributed by atoms with Crippen LogP contribution in [-0.4, -0.2) is 162 Å². The van der Waals surface area contributed by atoms with Crippen LogP contribution in [0.1, 0.15) is 124 Å². The maximum Gasteiger partial charge on any atom is 0.408 e. The van der Waals surface area contributed by atoms with E-state index < -0.39 is 107 Å². The minimum absolute atomic E-state index is 0.00866. The number of amides is 5. The topological polar surface area (TPSA) is 241 Å². The standard InChI is InChI=1S/C65H87F3N8O12S/c1-37(2)53(74-62(82)88-64(9,10)11)59(79)71-40(5)61(81)87-44-31-50(58(78)69-32-41-18-20-42(21-19-41)56-39(4)70-36-89-56)75(33-44)60(80)57(63(6,7)8)73-51(77)34-85-25-24-83-22-23-84-26-27-86-43-29-47(66)52(48(67)30-43)55-54-46(45-16-14-15-17-49(45)72-54)28-38(3)76(55)35-65(12,13)68/h14-21,29-30,36-38,40,44,50,53,55,57,72H,22-28,31-35H2,1-13H3,(H,69,78)(H,71,79)(H,73,77)(H,74,82)/t38-,40+,44-,50+,53+,55-,57-/m1/s1. The molecule has 0 spiro atoms. The second-order valence-electron chi connectivity index (χ2n) is 25.8. The Labute approximate surface area is 523 Å². The summed E-state index contributed by atoms with van der Waals surface area (Å²) in [7, 11) is 0. The van der Waals surface area contributed by atoms with Crippen LogP contribution in [0.5, 0.6) is 5.75 Å². The number of benzene rings is 3. The van der Waals surface area contributed by atoms with Gasteiger partial charge in [-0.05, 0) is 95.9 Å². The Hall–Kier alpha value is -7.12. The van der Waals surface area contributed by atoms with Crippen LogP contribution >= 0.6 is 11.3 Å². The lowest BCUT2D eigenvalue weighted by molar-refractivity contribution is -0.153. The third-order valence-corrected chi connectivity index (χ3v) is 16.2. The van der Waals surface area contributed by atoms with Gasteiger partial charge in [-0.3, -0.25) is 24.1 Å². The molecule has 5 amide bonds. The van der Waals surface area contributed by atoms with Crippen molar-refractivity contribution in [3.63, 3.8) is 0 Å². The number of hydrogen-bond acceptors (Lipinski definition) is 15. The number of alkyl halides is 1. The number of nitrogens with one attached hydrogen (secondary N) is 5. The number of aromatic nitrogens is 2. The van der Waals surface area contributed by atoms with Crippen molar-refractivity contribution in [2.45, 2.75) is 163 Å². The predicted octanol–water partition coefficient (Wildman–Crippen LogP) is 8.80. The van der Waals surface area contributed by atoms with Crippen molar-refractivity contribution in [1.82, 2.24) is 41.0 Å². The second kappa shape index (κ2) is 30.1. The summed E-state index contributed by atoms with van der Waals surface area (Å²) in [5.74, 6) is -5.29. The summed E-state index contributed by atoms with van der Waals surface area (Å²) in [6.45, 7) is 21.8. The molecule has 1 fully saturated rings. The molecule has 0 bridgehead atoms. The second-order valence-corrected chi connectivity index (χ2v) is 26.6. The molecule has 0 aliphatic carbocycles. The van der Waals surface area contributed by atoms with Crippen LogP contribution in [0.2, 0.25) is 0 Å². The maximum absolute atomic E-state index is 16.1. The van der Waals surface area contributed by atoms with Crippen LogP contribution in [-0.2, 0) is 60.6 Å². The molecule has 0 radical (unpaired) electrons. The number of para-hydroxylation sites is 1. The molecule has 4 heterocycles. The number of halogens is 3. The van der Waals surface area contributed by atoms with Gasteiger partial charge in [-0.2, -0.15) is 0 Å². The highest BCUT2D eigenvalue weighted by molar-refractivity contribution is 7.13. The number of fused-ring (bicyclic) bond motifs is 3. The highest BCUT2D eigenvalue weighted by atomic mass is 32.1. The summed E-state index contributed by atoms with van der Waals surface area (Å²) in [6, 6.07) is 11.9. The van der Waals surface area contributed by atoms with E-state index in [-0.39, 0.29) is 89.0 Å². The Kier molecular flexibility index (Phi) is 23.5. The van der Waals surface area contributed by atoms with E-state index in [1.165, 1.54) is 37.0 Å². The summed E-state index contributed by atoms with van der Waals surface area (Å²) in [4.78, 5) is 93.7. The number of rotatable bonds is 27. The number of H-pyrrole nitrogens is 1. The highest BCUT2D eigenvalue weighted by Gasteiger charge is 2.47. The van der Waals surface area contributed by atoms with Gasteiger partial charge in [0.1, 0.15) is 72.1 Å². The molecule has 5 N–H and O–H groups in total. The Balaban J connectivity index is 0.883. The Bertz CT molecular complexity index is 3240. The number of aryl methyl sites for hydroxylation is 1. The van der Waals surface area contributed by atoms with Crippen molar-refractivity contribution in [1.29, 1.82) is 0 Å². The molecular formula is C65H87F3N8O12S. The fourth-order valence-electron chi connectivity index (χ4n) is 10.9. The summed E-state index contributed by atoms with van der Waals surface area (Å²) in [5, 5.41) is 11.8. The third-order valence-electron chi connectivity index (χ3n) is 15.2. The van der Waals surface area contributed by atoms with Crippen LogP contribution in [0.4, 0.5) is 18.0 Å². The normalized spacial score (nSPS) is 18.2. The van der Waals surface area contributed by atoms with E-state index in [1.807, 2.05) is 67.3 Å². The van der Waals surface area contributed by atoms with Crippen LogP contribution in [0.25, 0.3) is 21.3 Å². The van der Waals surface area contributed by atoms with Crippen LogP contribution < -0.4 is 26.0 Å². The van der Waals surface area contributed by atoms with Crippen molar-refractivity contribution in [3.8, 4) is 16.2 Å². The first-order valence-corrected chi connectivity index (χ1v) is 31.0. The molecule has 7 atom stereocenters. The monoisotopic (exact) mass is 1260 g/mol. The van der Waals surface area contributed by atoms with E-state index in [2.05, 4.69) is 31.2 Å². The molecular weight excluding hydrogens is 1170 g/mol. The van der Waals surface area contributed by atoms with Gasteiger partial charge in [0.15, 0.2) is 0 Å². The number of esters is 1. The molecule has 486 valence electrons. The first-order valence-electron chi connectivity index (χ1n) is 30.2. The first kappa shape index (κ1) is 69.4. The average molecular weight is 1260 g/mol. The van der Waals surface area contributed by atoms with Gasteiger partial charge in [-0.15, -0.1) is 11.3 Å². The van der Waals surface area contributed by atoms with E-state index in [9.17, 15) is 28.8 Å². The van der Waals surface area contributed by atoms with Crippen LogP contribution in [0, 0.1) is 29.9 Å². The van der Waals surface area contributed by atoms with Crippen molar-refractivity contribution in [2.24, 2.45) is 11.3 Å². The SMILES string of the molecule is Cc1ncsc1-c1ccc(CNC(=O)[C@@H]2C[C@@H](OC(=O)[C@H](C)NC(=O)[C@@H](NC(=O)OC(C)(C)C)C(C)C)CN2C(=O)[C@@H](NC(=O)COCCOCCOCCOc2cc(F)c([C@@H]3c4[nH]c5ccccc5c4C[C@@H](C)N3CC(C)(C)F)c(F)c2)C(C)(C)C)cc1. The van der Waals surface area contributed by atoms with Gasteiger partial charge in [0.2, 0.25) is 23.6 Å². The summed E-state index contributed by atoms with van der Waals surface area (Å²) >= 11 is 1.52. The quantitative estimate of drug-likeness (QED) is 0.0244. The fourth-order valence-corrected chi connectivity index (χ4v) is 11.7. The van der Waals surface area contributed by atoms with E-state index in [1.54, 1.807) is 60.9 Å². The number of carbonyl (C=O) groups excluding carboxylic acids is 6. The number of alkyl carbamates (subject to hydrolysis) is 1. The summed E-state index contributed by atoms with van der Waals surface area (Å²) < 4.78 is 81.2. The minimum atomic E-state index is -1.64. The lowest BCUT2D eigenvalue weighted by Crippen LogP contribution is -2.58. The van der Waals surface area contributed by atoms with Crippen molar-refractivity contribution in [2.75, 3.05) is 59.3 Å². The predicted molar refractivity (Wildman–Crippen MR) is 331 cm³/mol. The van der Waals surface area contributed by atoms with Crippen LogP contribution in [0.3, 0.4) is 0 Å². The number of hydrogen-bond donors (Lipinski definition) is 5. The number of nitrogens with zero attached hydrogens (tertiary/aromatic N) is 3. The zero-order valence-corrected chi connectivity index (χ0v) is 54.1. The smallest absolute Gasteiger partial charge is 0.408 e. The van der Waals surface area contributed by atoms with Crippen molar-refractivity contribution < 1.29 is 70.4 Å². The van der Waals surface area contributed by atoms with Gasteiger partial charge in [0, 0.05) is 59.8 Å². The molecule has 0 unspecified atom stereocenters. The van der Waals surface area contributed by atoms with E-state index >= 15 is 13.2 Å². The fraction of sp³-hybridized carbons (Fsp3) is 0.554. The highest BCUT2D eigenvalue weighted by Crippen LogP contribution is 2.44. The Morgan fingerprint density at radius 1 is 0.831 bits per heavy atom. The number of carbonyl (C=O) groups is 6. The molecule has 3 aromatic carbocycles. The molecule has 2 aliphatic heterocycles. The average Bonchev–Trinajstić information content (AvgIpc) is 1.75. The van der Waals surface area contributed by atoms with E-state index in [4.69, 9.17) is 28.4 Å². The number of thiazole rings is 1. The largest absolute Gasteiger partial charge is 0.491 e. The number of aromatic amines is 1. The maximum atomic E-state index is 16.1. The van der Waals surface area contributed by atoms with Crippen LogP contribution in [0.15, 0.2) is 66.2 Å². The zero-order chi connectivity index (χ0) is 65.1. The van der Waals surface area contributed by atoms with Gasteiger partial charge in [-0.25, -0.2) is 27.7 Å². The van der Waals surface area contributed by atoms with E-state index in [0.717, 1.165) is 50.3 Å². The zero-order valence-electron chi connectivity index (χ0n) is 53.2. The third kappa shape index (κ3) is 19.0. The Morgan fingerprint density at radius 3 is 2.08 bits per heavy atom. The van der Waals surface area contributed by atoms with E-state index in [0.29, 0.717) is 12.1 Å². The lowest BCUT2D eigenvalue weighted by Gasteiger charge is -2.43. The minimum Gasteiger partial charge on any atom is -0.491 e. The molecule has 89 heavy (non-hydrogen) atoms. The molecule has 0 saturated carbocycles. The Morgan fingerprint density at radius 2 is 1.47 bits per heavy atom. The van der Waals surface area contributed by atoms with Gasteiger partial charge in [0.25, 0.3) is 0 Å². The molecule has 2 aromatic heterocycles. The van der Waals surface area contributed by atoms with Crippen molar-refractivity contribution >= 4 is 57.9 Å². The molecule has 7 rings (SSSR count).